The molecule has 12 rings (SSSR count). The van der Waals surface area contributed by atoms with Crippen molar-refractivity contribution in [2.75, 3.05) is 9.71 Å². The molecule has 0 bridgehead atoms. The smallest absolute Gasteiger partial charge is 0.301 e. The fourth-order valence-electron chi connectivity index (χ4n) is 15.4. The Morgan fingerprint density at radius 3 is 1.83 bits per heavy atom. The van der Waals surface area contributed by atoms with Crippen LogP contribution in [-0.2, 0) is 32.5 Å². The van der Waals surface area contributed by atoms with E-state index in [1.165, 1.54) is 111 Å². The zero-order chi connectivity index (χ0) is 49.8. The molecule has 5 aromatic carbocycles. The van der Waals surface area contributed by atoms with Crippen molar-refractivity contribution < 1.29 is 0 Å². The summed E-state index contributed by atoms with van der Waals surface area (Å²) in [4.78, 5) is 5.93. The summed E-state index contributed by atoms with van der Waals surface area (Å²) in [6.07, 6.45) is 12.9. The summed E-state index contributed by atoms with van der Waals surface area (Å²) in [7, 11) is 0. The Morgan fingerprint density at radius 1 is 0.543 bits per heavy atom. The maximum Gasteiger partial charge on any atom is 0.301 e. The Balaban J connectivity index is 1.23. The third-order valence-electron chi connectivity index (χ3n) is 20.2. The summed E-state index contributed by atoms with van der Waals surface area (Å²) in [5.41, 5.74) is 26.3. The lowest BCUT2D eigenvalue weighted by Crippen LogP contribution is -2.69. The molecule has 0 radical (unpaired) electrons. The normalized spacial score (nSPS) is 26.3. The van der Waals surface area contributed by atoms with E-state index in [2.05, 4.69) is 224 Å². The first kappa shape index (κ1) is 46.3. The lowest BCUT2D eigenvalue weighted by atomic mass is 9.35. The highest BCUT2D eigenvalue weighted by molar-refractivity contribution is 6.82. The molecule has 1 fully saturated rings. The van der Waals surface area contributed by atoms with Crippen molar-refractivity contribution in [1.82, 2.24) is 0 Å². The van der Waals surface area contributed by atoms with E-state index in [0.717, 1.165) is 0 Å². The van der Waals surface area contributed by atoms with Crippen LogP contribution >= 0.6 is 0 Å². The van der Waals surface area contributed by atoms with Gasteiger partial charge >= 0.3 is 6.85 Å². The van der Waals surface area contributed by atoms with Crippen LogP contribution in [0.3, 0.4) is 0 Å². The van der Waals surface area contributed by atoms with Crippen LogP contribution in [0.2, 0.25) is 5.82 Å². The minimum Gasteiger partial charge on any atom is -0.404 e. The molecule has 3 aliphatic heterocycles. The molecule has 0 saturated heterocycles. The van der Waals surface area contributed by atoms with Crippen LogP contribution in [0.4, 0.5) is 17.1 Å². The Labute approximate surface area is 423 Å². The molecule has 0 amide bonds. The van der Waals surface area contributed by atoms with E-state index >= 15 is 0 Å². The van der Waals surface area contributed by atoms with Crippen molar-refractivity contribution in [3.05, 3.63) is 153 Å². The number of hydrogen-bond donors (Lipinski definition) is 0. The number of allylic oxidation sites excluding steroid dienone is 4. The Hall–Kier alpha value is -4.76. The molecule has 4 aliphatic carbocycles. The van der Waals surface area contributed by atoms with E-state index in [4.69, 9.17) is 0 Å². The first-order valence-electron chi connectivity index (χ1n) is 27.4. The zero-order valence-electron chi connectivity index (χ0n) is 46.1. The van der Waals surface area contributed by atoms with E-state index in [0.29, 0.717) is 0 Å². The maximum atomic E-state index is 3.11. The predicted octanol–water partition coefficient (Wildman–Crippen LogP) is 17.4. The van der Waals surface area contributed by atoms with Gasteiger partial charge in [0.25, 0.3) is 0 Å². The van der Waals surface area contributed by atoms with E-state index in [-0.39, 0.29) is 62.0 Å². The van der Waals surface area contributed by atoms with Gasteiger partial charge in [0.05, 0.1) is 5.69 Å². The monoisotopic (exact) mass is 925 g/mol. The molecule has 2 nitrogen and oxygen atoms in total. The molecule has 0 aromatic heterocycles. The van der Waals surface area contributed by atoms with Gasteiger partial charge in [-0.05, 0) is 162 Å². The quantitative estimate of drug-likeness (QED) is 0.163. The highest BCUT2D eigenvalue weighted by atomic mass is 15.2. The van der Waals surface area contributed by atoms with Crippen LogP contribution in [0.25, 0.3) is 22.3 Å². The van der Waals surface area contributed by atoms with E-state index < -0.39 is 0 Å². The third-order valence-corrected chi connectivity index (χ3v) is 20.2. The number of rotatable bonds is 2. The van der Waals surface area contributed by atoms with Crippen molar-refractivity contribution in [2.45, 2.75) is 206 Å². The summed E-state index contributed by atoms with van der Waals surface area (Å²) in [6, 6.07) is 35.1. The molecule has 5 aromatic rings. The molecule has 362 valence electrons. The average molecular weight is 925 g/mol. The number of benzene rings is 5. The molecular weight excluding hydrogens is 844 g/mol. The van der Waals surface area contributed by atoms with Crippen LogP contribution in [0.1, 0.15) is 207 Å². The van der Waals surface area contributed by atoms with E-state index in [1.54, 1.807) is 27.9 Å². The van der Waals surface area contributed by atoms with Crippen LogP contribution < -0.4 is 15.2 Å². The molecule has 3 heterocycles. The molecule has 1 saturated carbocycles. The van der Waals surface area contributed by atoms with Crippen molar-refractivity contribution >= 4 is 29.4 Å². The molecule has 4 atom stereocenters. The second-order valence-corrected chi connectivity index (χ2v) is 28.8. The second kappa shape index (κ2) is 14.3. The number of nitrogens with zero attached hydrogens (tertiary/aromatic N) is 2. The van der Waals surface area contributed by atoms with Crippen molar-refractivity contribution in [3.8, 4) is 22.3 Å². The number of anilines is 3. The molecule has 3 heteroatoms. The second-order valence-electron chi connectivity index (χ2n) is 28.8. The van der Waals surface area contributed by atoms with Gasteiger partial charge in [-0.15, -0.1) is 0 Å². The zero-order valence-corrected chi connectivity index (χ0v) is 46.1. The van der Waals surface area contributed by atoms with Gasteiger partial charge in [-0.2, -0.15) is 0 Å². The molecule has 0 spiro atoms. The number of hydrogen-bond acceptors (Lipinski definition) is 2. The minimum atomic E-state index is -0.157. The molecule has 70 heavy (non-hydrogen) atoms. The van der Waals surface area contributed by atoms with Gasteiger partial charge in [0, 0.05) is 50.7 Å². The SMILES string of the molecule is CC(C)(C)C1=CC2c3cc(C(C)(C)C)cc4c3N(B3c5cc6c(cc5N(c5ccc(C(C)(C)C)cc5-c5ccccc5)C(=C1)C32)-c1cc2c(cc1C6(C)C)C(C)(C)CCC2(C)C)C1(C)CCCCC41C. The fraction of sp³-hybridized carbons (Fsp3) is 0.493. The Morgan fingerprint density at radius 2 is 1.17 bits per heavy atom. The van der Waals surface area contributed by atoms with Gasteiger partial charge in [0.2, 0.25) is 0 Å². The van der Waals surface area contributed by atoms with Crippen LogP contribution in [-0.4, -0.2) is 12.4 Å². The van der Waals surface area contributed by atoms with Crippen molar-refractivity contribution in [2.24, 2.45) is 5.41 Å². The molecular formula is C67H81BN2. The summed E-state index contributed by atoms with van der Waals surface area (Å²) in [5, 5.41) is 0. The molecule has 0 N–H and O–H groups in total. The molecule has 4 unspecified atom stereocenters. The van der Waals surface area contributed by atoms with Gasteiger partial charge in [-0.3, -0.25) is 0 Å². The summed E-state index contributed by atoms with van der Waals surface area (Å²) >= 11 is 0. The highest BCUT2D eigenvalue weighted by Gasteiger charge is 2.66. The lowest BCUT2D eigenvalue weighted by Gasteiger charge is -2.59. The van der Waals surface area contributed by atoms with E-state index in [9.17, 15) is 0 Å². The Kier molecular flexibility index (Phi) is 9.44. The van der Waals surface area contributed by atoms with Gasteiger partial charge < -0.3 is 9.71 Å². The largest absolute Gasteiger partial charge is 0.404 e. The predicted molar refractivity (Wildman–Crippen MR) is 301 cm³/mol. The first-order valence-corrected chi connectivity index (χ1v) is 27.4. The van der Waals surface area contributed by atoms with Crippen molar-refractivity contribution in [1.29, 1.82) is 0 Å². The summed E-state index contributed by atoms with van der Waals surface area (Å²) in [6.45, 7) is 42.4. The third kappa shape index (κ3) is 6.17. The maximum absolute atomic E-state index is 3.11. The van der Waals surface area contributed by atoms with Crippen LogP contribution in [0, 0.1) is 5.41 Å². The number of fused-ring (bicyclic) bond motifs is 11. The van der Waals surface area contributed by atoms with Crippen LogP contribution in [0.5, 0.6) is 0 Å². The van der Waals surface area contributed by atoms with Crippen molar-refractivity contribution in [3.63, 3.8) is 0 Å². The summed E-state index contributed by atoms with van der Waals surface area (Å²) in [5.74, 6) is 0.429. The average Bonchev–Trinajstić information content (AvgIpc) is 3.64. The minimum absolute atomic E-state index is 0.00467. The highest BCUT2D eigenvalue weighted by Crippen LogP contribution is 2.68. The standard InChI is InChI=1S/C67H81BN2/c1-60(2,3)41-25-26-55(44(31-41)40-23-19-18-20-24-40)69-56-37-46-45-36-51-52(64(12,13)30-29-63(51,10)11)38-49(45)65(14,15)50(46)39-54(56)68-58-47(32-43(35-57(58)69)62(7,8)9)48-33-42(61(4,5)6)34-53-59(48)70(68)67(17)28-22-21-27-66(53,67)16/h18-20,23-26,31-39,47,58H,21-22,27-30H2,1-17H3. The van der Waals surface area contributed by atoms with Gasteiger partial charge in [0.15, 0.2) is 0 Å². The van der Waals surface area contributed by atoms with Crippen LogP contribution in [0.15, 0.2) is 108 Å². The van der Waals surface area contributed by atoms with Gasteiger partial charge in [-0.25, -0.2) is 0 Å². The molecule has 7 aliphatic rings. The fourth-order valence-corrected chi connectivity index (χ4v) is 15.4. The lowest BCUT2D eigenvalue weighted by molar-refractivity contribution is 0.198. The summed E-state index contributed by atoms with van der Waals surface area (Å²) < 4.78 is 0. The first-order chi connectivity index (χ1) is 32.6. The van der Waals surface area contributed by atoms with Gasteiger partial charge in [0.1, 0.15) is 0 Å². The topological polar surface area (TPSA) is 6.48 Å². The Bertz CT molecular complexity index is 3130. The van der Waals surface area contributed by atoms with Gasteiger partial charge in [-0.1, -0.05) is 190 Å². The van der Waals surface area contributed by atoms with E-state index in [1.807, 2.05) is 0 Å².